The predicted octanol–water partition coefficient (Wildman–Crippen LogP) is 3.86. The quantitative estimate of drug-likeness (QED) is 0.859. The summed E-state index contributed by atoms with van der Waals surface area (Å²) >= 11 is 0. The lowest BCUT2D eigenvalue weighted by Crippen LogP contribution is -2.23. The van der Waals surface area contributed by atoms with Gasteiger partial charge in [-0.05, 0) is 43.9 Å². The summed E-state index contributed by atoms with van der Waals surface area (Å²) in [6, 6.07) is 7.07. The van der Waals surface area contributed by atoms with Crippen LogP contribution in [0.15, 0.2) is 18.2 Å². The van der Waals surface area contributed by atoms with Crippen LogP contribution in [0.5, 0.6) is 0 Å². The van der Waals surface area contributed by atoms with Gasteiger partial charge in [0.25, 0.3) is 0 Å². The van der Waals surface area contributed by atoms with Crippen molar-refractivity contribution in [3.63, 3.8) is 0 Å². The van der Waals surface area contributed by atoms with Crippen LogP contribution in [0.1, 0.15) is 38.4 Å². The first kappa shape index (κ1) is 11.6. The number of rotatable bonds is 3. The molecule has 0 radical (unpaired) electrons. The molecule has 1 aliphatic rings. The van der Waals surface area contributed by atoms with Crippen LogP contribution in [-0.2, 0) is 0 Å². The Labute approximate surface area is 108 Å². The minimum absolute atomic E-state index is 0.650. The molecule has 96 valence electrons. The van der Waals surface area contributed by atoms with E-state index in [4.69, 9.17) is 0 Å². The molecule has 1 aliphatic carbocycles. The molecule has 1 fully saturated rings. The van der Waals surface area contributed by atoms with E-state index < -0.39 is 0 Å². The Morgan fingerprint density at radius 3 is 3.11 bits per heavy atom. The first-order valence-electron chi connectivity index (χ1n) is 6.99. The third-order valence-electron chi connectivity index (χ3n) is 4.14. The smallest absolute Gasteiger partial charge is 0.104 e. The summed E-state index contributed by atoms with van der Waals surface area (Å²) < 4.78 is 0. The van der Waals surface area contributed by atoms with E-state index in [1.54, 1.807) is 0 Å². The Balaban J connectivity index is 1.81. The van der Waals surface area contributed by atoms with Crippen molar-refractivity contribution in [3.05, 3.63) is 24.0 Å². The molecule has 2 aromatic rings. The monoisotopic (exact) mass is 243 g/mol. The van der Waals surface area contributed by atoms with E-state index in [1.165, 1.54) is 31.4 Å². The van der Waals surface area contributed by atoms with Gasteiger partial charge in [0.15, 0.2) is 0 Å². The lowest BCUT2D eigenvalue weighted by Gasteiger charge is -2.20. The number of aromatic nitrogens is 2. The Hall–Kier alpha value is -1.51. The summed E-state index contributed by atoms with van der Waals surface area (Å²) in [6.07, 6.45) is 5.32. The van der Waals surface area contributed by atoms with E-state index >= 15 is 0 Å². The van der Waals surface area contributed by atoms with Gasteiger partial charge in [0.05, 0.1) is 11.0 Å². The summed E-state index contributed by atoms with van der Waals surface area (Å²) in [5, 5.41) is 3.70. The van der Waals surface area contributed by atoms with Gasteiger partial charge in [-0.25, -0.2) is 4.98 Å². The number of anilines is 1. The maximum Gasteiger partial charge on any atom is 0.104 e. The van der Waals surface area contributed by atoms with Gasteiger partial charge < -0.3 is 10.3 Å². The standard InChI is InChI=1S/C15H21N3/c1-3-11-5-4-6-13(11)18-12-7-8-14-15(9-12)17-10(2)16-14/h7-9,11,13,18H,3-6H2,1-2H3,(H,16,17). The Bertz CT molecular complexity index is 544. The molecule has 1 aromatic heterocycles. The molecule has 0 bridgehead atoms. The van der Waals surface area contributed by atoms with Gasteiger partial charge in [-0.3, -0.25) is 0 Å². The molecule has 18 heavy (non-hydrogen) atoms. The first-order valence-corrected chi connectivity index (χ1v) is 6.99. The molecule has 0 saturated heterocycles. The van der Waals surface area contributed by atoms with E-state index in [9.17, 15) is 0 Å². The fourth-order valence-electron chi connectivity index (χ4n) is 3.16. The van der Waals surface area contributed by atoms with Crippen LogP contribution in [0.3, 0.4) is 0 Å². The molecule has 3 nitrogen and oxygen atoms in total. The van der Waals surface area contributed by atoms with Crippen molar-refractivity contribution in [2.75, 3.05) is 5.32 Å². The molecule has 1 aromatic carbocycles. The predicted molar refractivity (Wildman–Crippen MR) is 75.9 cm³/mol. The molecule has 0 amide bonds. The number of H-pyrrole nitrogens is 1. The normalized spacial score (nSPS) is 23.7. The van der Waals surface area contributed by atoms with E-state index in [1.807, 2.05) is 6.92 Å². The number of nitrogens with one attached hydrogen (secondary N) is 2. The van der Waals surface area contributed by atoms with Crippen LogP contribution in [0.4, 0.5) is 5.69 Å². The van der Waals surface area contributed by atoms with Crippen molar-refractivity contribution < 1.29 is 0 Å². The highest BCUT2D eigenvalue weighted by Gasteiger charge is 2.25. The van der Waals surface area contributed by atoms with Gasteiger partial charge in [-0.15, -0.1) is 0 Å². The number of hydrogen-bond acceptors (Lipinski definition) is 2. The Morgan fingerprint density at radius 2 is 2.28 bits per heavy atom. The van der Waals surface area contributed by atoms with E-state index in [0.717, 1.165) is 22.8 Å². The van der Waals surface area contributed by atoms with Crippen LogP contribution in [0, 0.1) is 12.8 Å². The van der Waals surface area contributed by atoms with Gasteiger partial charge in [0, 0.05) is 11.7 Å². The maximum atomic E-state index is 4.43. The average molecular weight is 243 g/mol. The lowest BCUT2D eigenvalue weighted by atomic mass is 10.0. The van der Waals surface area contributed by atoms with Gasteiger partial charge in [0.2, 0.25) is 0 Å². The second-order valence-corrected chi connectivity index (χ2v) is 5.40. The second kappa shape index (κ2) is 4.63. The van der Waals surface area contributed by atoms with Crippen LogP contribution in [0.25, 0.3) is 11.0 Å². The summed E-state index contributed by atoms with van der Waals surface area (Å²) in [4.78, 5) is 7.73. The van der Waals surface area contributed by atoms with Crippen LogP contribution < -0.4 is 5.32 Å². The van der Waals surface area contributed by atoms with Gasteiger partial charge >= 0.3 is 0 Å². The fourth-order valence-corrected chi connectivity index (χ4v) is 3.16. The second-order valence-electron chi connectivity index (χ2n) is 5.40. The summed E-state index contributed by atoms with van der Waals surface area (Å²) in [5.74, 6) is 1.82. The zero-order chi connectivity index (χ0) is 12.5. The van der Waals surface area contributed by atoms with Crippen LogP contribution in [-0.4, -0.2) is 16.0 Å². The van der Waals surface area contributed by atoms with E-state index in [2.05, 4.69) is 40.4 Å². The number of benzene rings is 1. The van der Waals surface area contributed by atoms with E-state index in [0.29, 0.717) is 6.04 Å². The Kier molecular flexibility index (Phi) is 2.98. The van der Waals surface area contributed by atoms with Gasteiger partial charge in [0.1, 0.15) is 5.82 Å². The fraction of sp³-hybridized carbons (Fsp3) is 0.533. The third kappa shape index (κ3) is 2.09. The zero-order valence-corrected chi connectivity index (χ0v) is 11.2. The number of fused-ring (bicyclic) bond motifs is 1. The van der Waals surface area contributed by atoms with Crippen molar-refractivity contribution in [1.29, 1.82) is 0 Å². The van der Waals surface area contributed by atoms with E-state index in [-0.39, 0.29) is 0 Å². The van der Waals surface area contributed by atoms with Crippen molar-refractivity contribution in [2.45, 2.75) is 45.6 Å². The molecular formula is C15H21N3. The molecule has 1 saturated carbocycles. The number of aromatic amines is 1. The maximum absolute atomic E-state index is 4.43. The first-order chi connectivity index (χ1) is 8.76. The number of nitrogens with zero attached hydrogens (tertiary/aromatic N) is 1. The van der Waals surface area contributed by atoms with Gasteiger partial charge in [-0.1, -0.05) is 19.8 Å². The van der Waals surface area contributed by atoms with Crippen molar-refractivity contribution in [1.82, 2.24) is 9.97 Å². The summed E-state index contributed by atoms with van der Waals surface area (Å²) in [6.45, 7) is 4.29. The third-order valence-corrected chi connectivity index (χ3v) is 4.14. The minimum Gasteiger partial charge on any atom is -0.382 e. The molecule has 3 rings (SSSR count). The molecule has 1 heterocycles. The average Bonchev–Trinajstić information content (AvgIpc) is 2.93. The number of aryl methyl sites for hydroxylation is 1. The minimum atomic E-state index is 0.650. The SMILES string of the molecule is CCC1CCCC1Nc1ccc2nc(C)[nH]c2c1. The summed E-state index contributed by atoms with van der Waals surface area (Å²) in [5.41, 5.74) is 3.40. The topological polar surface area (TPSA) is 40.7 Å². The molecule has 2 unspecified atom stereocenters. The molecule has 2 N–H and O–H groups in total. The zero-order valence-electron chi connectivity index (χ0n) is 11.2. The van der Waals surface area contributed by atoms with Crippen molar-refractivity contribution in [3.8, 4) is 0 Å². The highest BCUT2D eigenvalue weighted by atomic mass is 14.9. The molecule has 0 spiro atoms. The molecule has 0 aliphatic heterocycles. The molecule has 3 heteroatoms. The van der Waals surface area contributed by atoms with Crippen LogP contribution >= 0.6 is 0 Å². The summed E-state index contributed by atoms with van der Waals surface area (Å²) in [7, 11) is 0. The van der Waals surface area contributed by atoms with Crippen molar-refractivity contribution in [2.24, 2.45) is 5.92 Å². The molecular weight excluding hydrogens is 222 g/mol. The van der Waals surface area contributed by atoms with Crippen LogP contribution in [0.2, 0.25) is 0 Å². The highest BCUT2D eigenvalue weighted by Crippen LogP contribution is 2.31. The lowest BCUT2D eigenvalue weighted by molar-refractivity contribution is 0.489. The van der Waals surface area contributed by atoms with Gasteiger partial charge in [-0.2, -0.15) is 0 Å². The Morgan fingerprint density at radius 1 is 1.39 bits per heavy atom. The van der Waals surface area contributed by atoms with Crippen molar-refractivity contribution >= 4 is 16.7 Å². The molecule has 2 atom stereocenters. The largest absolute Gasteiger partial charge is 0.382 e. The number of imidazole rings is 1. The highest BCUT2D eigenvalue weighted by molar-refractivity contribution is 5.79. The number of hydrogen-bond donors (Lipinski definition) is 2.